The minimum absolute atomic E-state index is 0. The van der Waals surface area contributed by atoms with Gasteiger partial charge in [-0.15, -0.1) is 0 Å². The van der Waals surface area contributed by atoms with Crippen molar-refractivity contribution in [2.75, 3.05) is 11.5 Å². The molecule has 8 heteroatoms. The summed E-state index contributed by atoms with van der Waals surface area (Å²) >= 11 is 0. The number of hydrogen-bond acceptors (Lipinski definition) is 5. The van der Waals surface area contributed by atoms with Crippen molar-refractivity contribution in [1.29, 1.82) is 0 Å². The third kappa shape index (κ3) is 8.75. The summed E-state index contributed by atoms with van der Waals surface area (Å²) in [5, 5.41) is 10.5. The quantitative estimate of drug-likeness (QED) is 0.635. The Morgan fingerprint density at radius 2 is 1.27 bits per heavy atom. The minimum Gasteiger partial charge on any atom is -0.391 e. The number of hydrogen-bond donors (Lipinski definition) is 1. The summed E-state index contributed by atoms with van der Waals surface area (Å²) in [6.07, 6.45) is -1.46. The van der Waals surface area contributed by atoms with E-state index in [9.17, 15) is 16.8 Å². The fourth-order valence-corrected chi connectivity index (χ4v) is 2.45. The molecule has 0 aromatic carbocycles. The van der Waals surface area contributed by atoms with E-state index >= 15 is 0 Å². The molecule has 1 N–H and O–H groups in total. The van der Waals surface area contributed by atoms with E-state index in [1.54, 1.807) is 0 Å². The third-order valence-electron chi connectivity index (χ3n) is 1.36. The van der Waals surface area contributed by atoms with Gasteiger partial charge in [0.15, 0.2) is 19.7 Å². The van der Waals surface area contributed by atoms with Crippen molar-refractivity contribution in [3.8, 4) is 0 Å². The van der Waals surface area contributed by atoms with Crippen LogP contribution in [0, 0.1) is 0 Å². The zero-order valence-corrected chi connectivity index (χ0v) is 13.2. The molecule has 15 heavy (non-hydrogen) atoms. The molecule has 5 nitrogen and oxygen atoms in total. The predicted octanol–water partition coefficient (Wildman–Crippen LogP) is -0.917. The summed E-state index contributed by atoms with van der Waals surface area (Å²) in [7, 11) is -7.17. The zero-order valence-electron chi connectivity index (χ0n) is 8.46. The molecule has 0 aliphatic rings. The fraction of sp³-hybridized carbons (Fsp3) is 0.429. The van der Waals surface area contributed by atoms with Gasteiger partial charge in [-0.2, -0.15) is 0 Å². The Hall–Kier alpha value is 0.976. The van der Waals surface area contributed by atoms with Gasteiger partial charge in [0.2, 0.25) is 0 Å². The molecule has 0 heterocycles. The maximum atomic E-state index is 10.9. The molecule has 0 fully saturated rings. The Kier molecular flexibility index (Phi) is 8.97. The van der Waals surface area contributed by atoms with Gasteiger partial charge in [0.05, 0.1) is 17.6 Å². The number of aliphatic hydroxyl groups excluding tert-OH is 1. The molecule has 0 saturated carbocycles. The van der Waals surface area contributed by atoms with E-state index in [0.717, 1.165) is 0 Å². The van der Waals surface area contributed by atoms with E-state index in [0.29, 0.717) is 10.8 Å². The van der Waals surface area contributed by atoms with Crippen LogP contribution < -0.4 is 0 Å². The maximum Gasteiger partial charge on any atom is 0.173 e. The molecule has 0 aliphatic heterocycles. The first kappa shape index (κ1) is 18.3. The molecule has 0 spiro atoms. The molecule has 0 aromatic heterocycles. The number of aliphatic hydroxyl groups is 1. The summed E-state index contributed by atoms with van der Waals surface area (Å²) in [4.78, 5) is 0. The topological polar surface area (TPSA) is 88.5 Å². The monoisotopic (exact) mass is 279 g/mol. The van der Waals surface area contributed by atoms with Crippen molar-refractivity contribution < 1.29 is 21.9 Å². The van der Waals surface area contributed by atoms with Crippen LogP contribution >= 0.6 is 0 Å². The normalized spacial score (nSPS) is 11.9. The van der Waals surface area contributed by atoms with Gasteiger partial charge < -0.3 is 5.11 Å². The van der Waals surface area contributed by atoms with Gasteiger partial charge in [-0.25, -0.2) is 16.8 Å². The standard InChI is InChI=1S/C7H12O5S2.K/c1-3-13(9,10)5-7(8)6-14(11,12)4-2;/h3-4,7-8H,1-2,5-6H2;. The third-order valence-corrected chi connectivity index (χ3v) is 4.07. The van der Waals surface area contributed by atoms with Crippen LogP contribution in [0.4, 0.5) is 0 Å². The van der Waals surface area contributed by atoms with Gasteiger partial charge >= 0.3 is 0 Å². The molecule has 1 radical (unpaired) electrons. The number of sulfone groups is 2. The van der Waals surface area contributed by atoms with Gasteiger partial charge in [-0.3, -0.25) is 0 Å². The van der Waals surface area contributed by atoms with Crippen molar-refractivity contribution in [3.05, 3.63) is 24.0 Å². The maximum absolute atomic E-state index is 10.9. The Bertz CT molecular complexity index is 369. The van der Waals surface area contributed by atoms with Crippen LogP contribution in [-0.2, 0) is 19.7 Å². The first-order valence-electron chi connectivity index (χ1n) is 3.61. The van der Waals surface area contributed by atoms with Gasteiger partial charge in [-0.1, -0.05) is 13.2 Å². The zero-order chi connectivity index (χ0) is 11.4. The van der Waals surface area contributed by atoms with Crippen LogP contribution in [0.25, 0.3) is 0 Å². The average molecular weight is 279 g/mol. The molecule has 0 atom stereocenters. The van der Waals surface area contributed by atoms with E-state index in [2.05, 4.69) is 13.2 Å². The molecule has 0 aliphatic carbocycles. The largest absolute Gasteiger partial charge is 0.391 e. The molecule has 0 bridgehead atoms. The van der Waals surface area contributed by atoms with E-state index in [1.165, 1.54) is 0 Å². The van der Waals surface area contributed by atoms with Gasteiger partial charge in [0, 0.05) is 62.2 Å². The first-order chi connectivity index (χ1) is 6.22. The van der Waals surface area contributed by atoms with Crippen molar-refractivity contribution in [3.63, 3.8) is 0 Å². The Labute approximate surface area is 133 Å². The summed E-state index contributed by atoms with van der Waals surface area (Å²) < 4.78 is 43.5. The Balaban J connectivity index is 0. The van der Waals surface area contributed by atoms with Gasteiger partial charge in [0.25, 0.3) is 0 Å². The molecule has 0 unspecified atom stereocenters. The Morgan fingerprint density at radius 1 is 1.00 bits per heavy atom. The SMILES string of the molecule is C=CS(=O)(=O)CC(O)CS(=O)(=O)C=C.[K]. The van der Waals surface area contributed by atoms with Crippen molar-refractivity contribution in [2.24, 2.45) is 0 Å². The second-order valence-electron chi connectivity index (χ2n) is 2.65. The minimum atomic E-state index is -3.58. The summed E-state index contributed by atoms with van der Waals surface area (Å²) in [5.41, 5.74) is 0. The smallest absolute Gasteiger partial charge is 0.173 e. The van der Waals surface area contributed by atoms with Crippen LogP contribution in [0.15, 0.2) is 24.0 Å². The van der Waals surface area contributed by atoms with E-state index in [1.807, 2.05) is 0 Å². The van der Waals surface area contributed by atoms with E-state index < -0.39 is 37.3 Å². The Morgan fingerprint density at radius 3 is 1.47 bits per heavy atom. The van der Waals surface area contributed by atoms with E-state index in [4.69, 9.17) is 5.11 Å². The average Bonchev–Trinajstić information content (AvgIpc) is 2.02. The fourth-order valence-electron chi connectivity index (χ4n) is 0.721. The van der Waals surface area contributed by atoms with Crippen molar-refractivity contribution in [2.45, 2.75) is 6.10 Å². The molecule has 83 valence electrons. The summed E-state index contributed by atoms with van der Waals surface area (Å²) in [5.74, 6) is -1.30. The summed E-state index contributed by atoms with van der Waals surface area (Å²) in [6.45, 7) is 6.07. The second kappa shape index (κ2) is 7.33. The second-order valence-corrected chi connectivity index (χ2v) is 6.63. The van der Waals surface area contributed by atoms with E-state index in [-0.39, 0.29) is 51.4 Å². The van der Waals surface area contributed by atoms with Gasteiger partial charge in [0.1, 0.15) is 0 Å². The van der Waals surface area contributed by atoms with Crippen LogP contribution in [0.5, 0.6) is 0 Å². The van der Waals surface area contributed by atoms with Crippen LogP contribution in [0.3, 0.4) is 0 Å². The van der Waals surface area contributed by atoms with Crippen LogP contribution in [-0.4, -0.2) is 90.9 Å². The molecule has 0 amide bonds. The predicted molar refractivity (Wildman–Crippen MR) is 59.7 cm³/mol. The molecule has 0 rings (SSSR count). The van der Waals surface area contributed by atoms with Crippen molar-refractivity contribution >= 4 is 71.1 Å². The summed E-state index contributed by atoms with van der Waals surface area (Å²) in [6, 6.07) is 0. The van der Waals surface area contributed by atoms with Gasteiger partial charge in [-0.05, 0) is 0 Å². The number of rotatable bonds is 6. The first-order valence-corrected chi connectivity index (χ1v) is 7.04. The molecular weight excluding hydrogens is 267 g/mol. The molecular formula is C7H12KO5S2. The van der Waals surface area contributed by atoms with Crippen molar-refractivity contribution in [1.82, 2.24) is 0 Å². The molecule has 0 saturated heterocycles. The van der Waals surface area contributed by atoms with Crippen LogP contribution in [0.1, 0.15) is 0 Å². The van der Waals surface area contributed by atoms with Crippen LogP contribution in [0.2, 0.25) is 0 Å². The molecule has 0 aromatic rings.